The monoisotopic (exact) mass is 1470 g/mol. The molecule has 0 fully saturated rings. The zero-order chi connectivity index (χ0) is 77.2. The number of nitrogens with one attached hydrogen (secondary N) is 1. The fourth-order valence-corrected chi connectivity index (χ4v) is 13.7. The van der Waals surface area contributed by atoms with Crippen molar-refractivity contribution in [2.45, 2.75) is 215 Å². The summed E-state index contributed by atoms with van der Waals surface area (Å²) >= 11 is 7.38. The number of aliphatic hydroxyl groups excluding tert-OH is 2. The minimum atomic E-state index is -0.525. The van der Waals surface area contributed by atoms with Gasteiger partial charge in [0.15, 0.2) is 0 Å². The van der Waals surface area contributed by atoms with Crippen molar-refractivity contribution in [3.05, 3.63) is 266 Å². The van der Waals surface area contributed by atoms with Gasteiger partial charge in [-0.25, -0.2) is 9.59 Å². The van der Waals surface area contributed by atoms with Gasteiger partial charge in [0, 0.05) is 17.3 Å². The summed E-state index contributed by atoms with van der Waals surface area (Å²) in [5.74, 6) is 9.58. The highest BCUT2D eigenvalue weighted by Crippen LogP contribution is 2.31. The molecule has 0 saturated heterocycles. The Balaban J connectivity index is 0.000000732. The molecule has 0 spiro atoms. The SMILES string of the molecule is C=C(C)c1cccc(C(C)(C)N=C=O)c1.C=CC(C)CCC=CCC(CC)c1ccccc1.C=CC(CCC=CCC(CC)c1ccccc1)CC(C)CCSCCO.C=CC(CCC=CCC(CC)c1ccccc1)CC(C)CCSCCOC(=O)NC(C)(C)c1cccc(C(=C)C)c1.OCCS. The molecular weight excluding hydrogens is 1330 g/mol. The number of hydrogen-bond donors (Lipinski definition) is 4. The summed E-state index contributed by atoms with van der Waals surface area (Å²) in [4.78, 5) is 26.5. The van der Waals surface area contributed by atoms with Crippen LogP contribution in [0.15, 0.2) is 232 Å². The minimum Gasteiger partial charge on any atom is -0.449 e. The number of rotatable bonds is 46. The molecule has 3 N–H and O–H groups in total. The zero-order valence-electron chi connectivity index (χ0n) is 66.4. The van der Waals surface area contributed by atoms with Gasteiger partial charge in [-0.05, 0) is 254 Å². The Hall–Kier alpha value is -6.36. The summed E-state index contributed by atoms with van der Waals surface area (Å²) in [5.41, 5.74) is 9.48. The lowest BCUT2D eigenvalue weighted by molar-refractivity contribution is 0.142. The van der Waals surface area contributed by atoms with Crippen molar-refractivity contribution in [3.8, 4) is 0 Å². The Morgan fingerprint density at radius 2 is 0.942 bits per heavy atom. The van der Waals surface area contributed by atoms with Crippen molar-refractivity contribution in [2.75, 3.05) is 48.6 Å². The molecule has 10 heteroatoms. The van der Waals surface area contributed by atoms with Gasteiger partial charge in [-0.1, -0.05) is 248 Å². The van der Waals surface area contributed by atoms with Crippen LogP contribution in [0, 0.1) is 29.6 Å². The highest BCUT2D eigenvalue weighted by atomic mass is 32.2. The maximum absolute atomic E-state index is 12.4. The van der Waals surface area contributed by atoms with Crippen LogP contribution in [0.2, 0.25) is 0 Å². The van der Waals surface area contributed by atoms with Gasteiger partial charge in [0.05, 0.1) is 24.3 Å². The van der Waals surface area contributed by atoms with Crippen LogP contribution in [0.25, 0.3) is 11.1 Å². The lowest BCUT2D eigenvalue weighted by Crippen LogP contribution is -2.41. The molecule has 0 saturated carbocycles. The molecule has 104 heavy (non-hydrogen) atoms. The first-order valence-electron chi connectivity index (χ1n) is 38.6. The minimum absolute atomic E-state index is 0.184. The van der Waals surface area contributed by atoms with E-state index in [-0.39, 0.29) is 12.7 Å². The summed E-state index contributed by atoms with van der Waals surface area (Å²) in [6.07, 6.45) is 40.5. The van der Waals surface area contributed by atoms with Gasteiger partial charge in [0.2, 0.25) is 6.08 Å². The van der Waals surface area contributed by atoms with E-state index in [1.807, 2.05) is 114 Å². The first-order valence-corrected chi connectivity index (χ1v) is 41.5. The van der Waals surface area contributed by atoms with Crippen LogP contribution in [-0.4, -0.2) is 71.0 Å². The molecule has 0 aliphatic rings. The summed E-state index contributed by atoms with van der Waals surface area (Å²) in [6.45, 7) is 46.2. The number of hydrogen-bond acceptors (Lipinski definition) is 9. The van der Waals surface area contributed by atoms with Gasteiger partial charge in [0.25, 0.3) is 0 Å². The van der Waals surface area contributed by atoms with E-state index in [4.69, 9.17) is 14.9 Å². The van der Waals surface area contributed by atoms with Crippen LogP contribution in [0.4, 0.5) is 4.79 Å². The summed E-state index contributed by atoms with van der Waals surface area (Å²) < 4.78 is 5.47. The van der Waals surface area contributed by atoms with Crippen LogP contribution in [0.3, 0.4) is 0 Å². The highest BCUT2D eigenvalue weighted by molar-refractivity contribution is 7.99. The number of aliphatic imine (C=N–C) groups is 1. The van der Waals surface area contributed by atoms with Crippen molar-refractivity contribution in [3.63, 3.8) is 0 Å². The van der Waals surface area contributed by atoms with Gasteiger partial charge in [-0.3, -0.25) is 0 Å². The molecular formula is C94H138N2O5S3. The largest absolute Gasteiger partial charge is 0.449 e. The number of thioether (sulfide) groups is 2. The molecule has 8 atom stereocenters. The Bertz CT molecular complexity index is 3200. The second kappa shape index (κ2) is 59.7. The van der Waals surface area contributed by atoms with Crippen LogP contribution in [0.1, 0.15) is 243 Å². The third kappa shape index (κ3) is 44.6. The number of benzene rings is 5. The molecule has 0 heterocycles. The van der Waals surface area contributed by atoms with Crippen molar-refractivity contribution in [2.24, 2.45) is 34.6 Å². The molecule has 5 aromatic rings. The molecule has 5 aromatic carbocycles. The topological polar surface area (TPSA) is 108 Å². The van der Waals surface area contributed by atoms with Crippen LogP contribution in [0.5, 0.6) is 0 Å². The fraction of sp³-hybridized carbons (Fsp3) is 0.489. The smallest absolute Gasteiger partial charge is 0.407 e. The molecule has 0 bridgehead atoms. The van der Waals surface area contributed by atoms with Crippen molar-refractivity contribution in [1.29, 1.82) is 0 Å². The number of allylic oxidation sites excluding steroid dienone is 11. The predicted octanol–water partition coefficient (Wildman–Crippen LogP) is 26.3. The van der Waals surface area contributed by atoms with E-state index < -0.39 is 11.1 Å². The Kier molecular flexibility index (Phi) is 54.9. The number of carbonyl (C=O) groups is 1. The van der Waals surface area contributed by atoms with E-state index in [2.05, 4.69) is 243 Å². The number of nitrogens with zero attached hydrogens (tertiary/aromatic N) is 1. The second-order valence-corrected chi connectivity index (χ2v) is 31.5. The Morgan fingerprint density at radius 1 is 0.548 bits per heavy atom. The van der Waals surface area contributed by atoms with Crippen molar-refractivity contribution in [1.82, 2.24) is 5.32 Å². The van der Waals surface area contributed by atoms with E-state index in [9.17, 15) is 9.59 Å². The van der Waals surface area contributed by atoms with Crippen molar-refractivity contribution >= 4 is 59.5 Å². The number of aliphatic hydroxyl groups is 2. The van der Waals surface area contributed by atoms with E-state index in [1.165, 1.54) is 80.9 Å². The standard InChI is InChI=1S/C37H53NO2S.C24H38OS.C18H26.C13H15NO.C2H6OS/c1-8-31(17-12-10-13-18-32(9-2)33-19-14-11-15-20-33)27-30(5)23-25-41-26-24-40-36(39)38-37(6,7)35-22-16-21-34(28-35)29(3)4;1-4-22(20-21(3)16-18-26-19-17-25)12-8-6-9-13-23(5-2)24-14-10-7-11-15-24;1-4-16(3)12-8-6-9-13-17(5-2)18-14-10-7-11-15-18;1-10(2)11-6-5-7-12(8-11)13(3,4)14-9-15;3-1-2-4/h8,10-11,13-16,19-22,28,30-32H,1,3,9,12,17-18,23-27H2,2,4-7H3,(H,38,39);4,6-7,9-11,14-15,21-23,25H,1,5,8,12-13,16-20H2,2-3H3;4,6-7,9-11,14-17H,1,5,8,12-13H2,2-3H3;5-8H,1H2,2-4H3;3-4H,1-2H2. The van der Waals surface area contributed by atoms with E-state index in [1.54, 1.807) is 6.08 Å². The molecule has 0 aliphatic carbocycles. The van der Waals surface area contributed by atoms with E-state index in [0.717, 1.165) is 101 Å². The highest BCUT2D eigenvalue weighted by Gasteiger charge is 2.25. The zero-order valence-corrected chi connectivity index (χ0v) is 69.0. The van der Waals surface area contributed by atoms with Crippen LogP contribution < -0.4 is 5.32 Å². The van der Waals surface area contributed by atoms with Crippen LogP contribution >= 0.6 is 36.2 Å². The molecule has 7 nitrogen and oxygen atoms in total. The fourth-order valence-electron chi connectivity index (χ4n) is 11.9. The average molecular weight is 1470 g/mol. The molecule has 1 amide bonds. The van der Waals surface area contributed by atoms with Gasteiger partial charge in [0.1, 0.15) is 6.61 Å². The molecule has 0 radical (unpaired) electrons. The first kappa shape index (κ1) is 95.7. The number of alkyl carbamates (subject to hydrolysis) is 1. The normalized spacial score (nSPS) is 13.6. The number of isocyanates is 1. The molecule has 0 aliphatic heterocycles. The number of thiol groups is 1. The number of amides is 1. The lowest BCUT2D eigenvalue weighted by atomic mass is 9.90. The quantitative estimate of drug-likeness (QED) is 0.0101. The van der Waals surface area contributed by atoms with Gasteiger partial charge in [-0.2, -0.15) is 41.1 Å². The second-order valence-electron chi connectivity index (χ2n) is 28.6. The molecule has 0 aromatic heterocycles. The third-order valence-electron chi connectivity index (χ3n) is 18.9. The lowest BCUT2D eigenvalue weighted by Gasteiger charge is -2.27. The van der Waals surface area contributed by atoms with E-state index in [0.29, 0.717) is 60.4 Å². The summed E-state index contributed by atoms with van der Waals surface area (Å²) in [6, 6.07) is 48.5. The maximum Gasteiger partial charge on any atom is 0.407 e. The molecule has 8 unspecified atom stereocenters. The number of ether oxygens (including phenoxy) is 1. The van der Waals surface area contributed by atoms with Gasteiger partial charge in [-0.15, -0.1) is 19.7 Å². The summed E-state index contributed by atoms with van der Waals surface area (Å²) in [7, 11) is 0. The first-order chi connectivity index (χ1) is 50.0. The Labute approximate surface area is 648 Å². The number of carbonyl (C=O) groups excluding carboxylic acids is 2. The van der Waals surface area contributed by atoms with E-state index >= 15 is 0 Å². The predicted molar refractivity (Wildman–Crippen MR) is 465 cm³/mol. The van der Waals surface area contributed by atoms with Gasteiger partial charge >= 0.3 is 6.09 Å². The van der Waals surface area contributed by atoms with Crippen LogP contribution in [-0.2, 0) is 20.6 Å². The Morgan fingerprint density at radius 3 is 1.31 bits per heavy atom. The summed E-state index contributed by atoms with van der Waals surface area (Å²) in [5, 5.41) is 19.6. The maximum atomic E-state index is 12.4. The molecule has 572 valence electrons. The van der Waals surface area contributed by atoms with Gasteiger partial charge < -0.3 is 20.3 Å². The molecule has 5 rings (SSSR count). The third-order valence-corrected chi connectivity index (χ3v) is 21.1. The average Bonchev–Trinajstić information content (AvgIpc) is 0.837. The van der Waals surface area contributed by atoms with Crippen molar-refractivity contribution < 1.29 is 24.5 Å².